The summed E-state index contributed by atoms with van der Waals surface area (Å²) in [5.74, 6) is -0.763. The molecule has 0 radical (unpaired) electrons. The normalized spacial score (nSPS) is 11.8. The van der Waals surface area contributed by atoms with Crippen molar-refractivity contribution in [2.75, 3.05) is 13.1 Å². The molecule has 0 saturated carbocycles. The fraction of sp³-hybridized carbons (Fsp3) is 0.188. The molecule has 138 valence electrons. The summed E-state index contributed by atoms with van der Waals surface area (Å²) in [5.41, 5.74) is 1.63. The molecule has 26 heavy (non-hydrogen) atoms. The highest BCUT2D eigenvalue weighted by atomic mass is 35.5. The Hall–Kier alpha value is -1.94. The number of sulfonamides is 1. The highest BCUT2D eigenvalue weighted by molar-refractivity contribution is 7.91. The van der Waals surface area contributed by atoms with E-state index in [1.54, 1.807) is 12.3 Å². The minimum Gasteiger partial charge on any atom is -0.361 e. The molecule has 0 saturated heterocycles. The molecule has 0 atom stereocenters. The van der Waals surface area contributed by atoms with Gasteiger partial charge in [0.2, 0.25) is 5.91 Å². The molecule has 6 nitrogen and oxygen atoms in total. The highest BCUT2D eigenvalue weighted by Gasteiger charge is 2.17. The van der Waals surface area contributed by atoms with Gasteiger partial charge in [0.05, 0.1) is 10.9 Å². The molecular formula is C16H15ClFN3O3S2. The molecule has 3 rings (SSSR count). The van der Waals surface area contributed by atoms with Crippen molar-refractivity contribution in [3.63, 3.8) is 0 Å². The second-order valence-electron chi connectivity index (χ2n) is 5.49. The fourth-order valence-electron chi connectivity index (χ4n) is 2.44. The summed E-state index contributed by atoms with van der Waals surface area (Å²) in [4.78, 5) is 14.8. The minimum atomic E-state index is -3.75. The summed E-state index contributed by atoms with van der Waals surface area (Å²) >= 11 is 6.64. The molecule has 1 aromatic carbocycles. The Morgan fingerprint density at radius 3 is 2.81 bits per heavy atom. The lowest BCUT2D eigenvalue weighted by molar-refractivity contribution is -0.119. The first-order valence-corrected chi connectivity index (χ1v) is 10.3. The molecule has 0 aliphatic heterocycles. The van der Waals surface area contributed by atoms with Gasteiger partial charge in [-0.05, 0) is 42.3 Å². The molecular weight excluding hydrogens is 401 g/mol. The Morgan fingerprint density at radius 1 is 1.27 bits per heavy atom. The number of carbonyl (C=O) groups is 1. The van der Waals surface area contributed by atoms with Gasteiger partial charge in [-0.15, -0.1) is 11.3 Å². The minimum absolute atomic E-state index is 0.0568. The van der Waals surface area contributed by atoms with E-state index in [4.69, 9.17) is 11.6 Å². The third-order valence-corrected chi connectivity index (χ3v) is 6.81. The Kier molecular flexibility index (Phi) is 5.61. The summed E-state index contributed by atoms with van der Waals surface area (Å²) in [6.45, 7) is -0.0351. The van der Waals surface area contributed by atoms with Gasteiger partial charge >= 0.3 is 0 Å². The van der Waals surface area contributed by atoms with E-state index in [0.29, 0.717) is 22.8 Å². The largest absolute Gasteiger partial charge is 0.361 e. The lowest BCUT2D eigenvalue weighted by atomic mass is 10.1. The fourth-order valence-corrected chi connectivity index (χ4v) is 4.95. The number of amides is 1. The van der Waals surface area contributed by atoms with Gasteiger partial charge in [0.25, 0.3) is 10.0 Å². The average molecular weight is 416 g/mol. The summed E-state index contributed by atoms with van der Waals surface area (Å²) in [6, 6.07) is 7.33. The van der Waals surface area contributed by atoms with Crippen LogP contribution in [0.3, 0.4) is 0 Å². The van der Waals surface area contributed by atoms with Crippen LogP contribution in [0.25, 0.3) is 10.9 Å². The number of fused-ring (bicyclic) bond motifs is 1. The van der Waals surface area contributed by atoms with E-state index in [2.05, 4.69) is 15.0 Å². The summed E-state index contributed by atoms with van der Waals surface area (Å²) in [6.07, 6.45) is 2.30. The van der Waals surface area contributed by atoms with Gasteiger partial charge in [-0.3, -0.25) is 4.79 Å². The number of H-pyrrole nitrogens is 1. The van der Waals surface area contributed by atoms with E-state index in [1.165, 1.54) is 24.3 Å². The van der Waals surface area contributed by atoms with Gasteiger partial charge < -0.3 is 10.3 Å². The molecule has 0 aliphatic carbocycles. The monoisotopic (exact) mass is 415 g/mol. The molecule has 1 amide bonds. The van der Waals surface area contributed by atoms with Crippen molar-refractivity contribution in [3.8, 4) is 0 Å². The number of nitrogens with one attached hydrogen (secondary N) is 3. The molecule has 0 unspecified atom stereocenters. The predicted molar refractivity (Wildman–Crippen MR) is 99.5 cm³/mol. The van der Waals surface area contributed by atoms with Crippen LogP contribution in [0.1, 0.15) is 5.56 Å². The smallest absolute Gasteiger partial charge is 0.250 e. The van der Waals surface area contributed by atoms with Crippen molar-refractivity contribution in [1.29, 1.82) is 0 Å². The second-order valence-corrected chi connectivity index (χ2v) is 9.20. The zero-order valence-electron chi connectivity index (χ0n) is 13.4. The van der Waals surface area contributed by atoms with Crippen molar-refractivity contribution in [3.05, 3.63) is 52.2 Å². The van der Waals surface area contributed by atoms with Gasteiger partial charge in [0.1, 0.15) is 10.0 Å². The molecule has 0 aliphatic rings. The van der Waals surface area contributed by atoms with Crippen molar-refractivity contribution in [2.45, 2.75) is 10.6 Å². The number of aromatic nitrogens is 1. The standard InChI is InChI=1S/C16H15ClFN3O3S2/c17-14-3-4-16(25-14)26(23,24)21-9-15(22)19-6-5-10-8-20-13-7-11(18)1-2-12(10)13/h1-4,7-8,20-21H,5-6,9H2,(H,19,22). The molecule has 2 heterocycles. The van der Waals surface area contributed by atoms with Crippen LogP contribution in [0.5, 0.6) is 0 Å². The van der Waals surface area contributed by atoms with Gasteiger partial charge in [-0.1, -0.05) is 11.6 Å². The first-order valence-electron chi connectivity index (χ1n) is 7.62. The Labute approximate surface area is 158 Å². The summed E-state index contributed by atoms with van der Waals surface area (Å²) in [7, 11) is -3.75. The van der Waals surface area contributed by atoms with E-state index in [-0.39, 0.29) is 16.6 Å². The van der Waals surface area contributed by atoms with Gasteiger partial charge in [-0.2, -0.15) is 0 Å². The molecule has 0 bridgehead atoms. The van der Waals surface area contributed by atoms with Crippen LogP contribution >= 0.6 is 22.9 Å². The first kappa shape index (κ1) is 18.8. The van der Waals surface area contributed by atoms with Crippen molar-refractivity contribution in [1.82, 2.24) is 15.0 Å². The number of hydrogen-bond donors (Lipinski definition) is 3. The molecule has 10 heteroatoms. The third-order valence-electron chi connectivity index (χ3n) is 3.68. The number of halogens is 2. The van der Waals surface area contributed by atoms with Crippen LogP contribution in [0.15, 0.2) is 40.7 Å². The molecule has 0 spiro atoms. The Balaban J connectivity index is 1.49. The van der Waals surface area contributed by atoms with Crippen LogP contribution in [0, 0.1) is 5.82 Å². The maximum Gasteiger partial charge on any atom is 0.250 e. The van der Waals surface area contributed by atoms with Crippen LogP contribution in [0.2, 0.25) is 4.34 Å². The molecule has 2 aromatic heterocycles. The van der Waals surface area contributed by atoms with Crippen LogP contribution < -0.4 is 10.0 Å². The number of carbonyl (C=O) groups excluding carboxylic acids is 1. The molecule has 0 fully saturated rings. The van der Waals surface area contributed by atoms with E-state index in [0.717, 1.165) is 22.3 Å². The van der Waals surface area contributed by atoms with Crippen LogP contribution in [-0.2, 0) is 21.2 Å². The number of thiophene rings is 1. The maximum atomic E-state index is 13.2. The van der Waals surface area contributed by atoms with Crippen molar-refractivity contribution < 1.29 is 17.6 Å². The van der Waals surface area contributed by atoms with E-state index < -0.39 is 15.9 Å². The van der Waals surface area contributed by atoms with Crippen LogP contribution in [-0.4, -0.2) is 32.4 Å². The SMILES string of the molecule is O=C(CNS(=O)(=O)c1ccc(Cl)s1)NCCc1c[nH]c2cc(F)ccc12. The summed E-state index contributed by atoms with van der Waals surface area (Å²) < 4.78 is 39.8. The number of benzene rings is 1. The molecule has 3 N–H and O–H groups in total. The Morgan fingerprint density at radius 2 is 2.08 bits per heavy atom. The van der Waals surface area contributed by atoms with Gasteiger partial charge in [0.15, 0.2) is 0 Å². The van der Waals surface area contributed by atoms with E-state index >= 15 is 0 Å². The Bertz CT molecular complexity index is 1050. The number of hydrogen-bond acceptors (Lipinski definition) is 4. The quantitative estimate of drug-likeness (QED) is 0.554. The number of rotatable bonds is 7. The van der Waals surface area contributed by atoms with E-state index in [9.17, 15) is 17.6 Å². The summed E-state index contributed by atoms with van der Waals surface area (Å²) in [5, 5.41) is 3.53. The maximum absolute atomic E-state index is 13.2. The second kappa shape index (κ2) is 7.75. The average Bonchev–Trinajstić information content (AvgIpc) is 3.20. The van der Waals surface area contributed by atoms with Crippen molar-refractivity contribution in [2.24, 2.45) is 0 Å². The van der Waals surface area contributed by atoms with E-state index in [1.807, 2.05) is 0 Å². The molecule has 3 aromatic rings. The van der Waals surface area contributed by atoms with Crippen LogP contribution in [0.4, 0.5) is 4.39 Å². The lowest BCUT2D eigenvalue weighted by Crippen LogP contribution is -2.37. The third kappa shape index (κ3) is 4.42. The van der Waals surface area contributed by atoms with Gasteiger partial charge in [-0.25, -0.2) is 17.5 Å². The zero-order valence-corrected chi connectivity index (χ0v) is 15.8. The predicted octanol–water partition coefficient (Wildman–Crippen LogP) is 2.66. The zero-order chi connectivity index (χ0) is 18.7. The lowest BCUT2D eigenvalue weighted by Gasteiger charge is -2.06. The van der Waals surface area contributed by atoms with Crippen molar-refractivity contribution >= 4 is 49.8 Å². The highest BCUT2D eigenvalue weighted by Crippen LogP contribution is 2.25. The first-order chi connectivity index (χ1) is 12.3. The topological polar surface area (TPSA) is 91.1 Å². The number of aromatic amines is 1. The van der Waals surface area contributed by atoms with Gasteiger partial charge in [0, 0.05) is 23.6 Å².